The van der Waals surface area contributed by atoms with Crippen LogP contribution in [0, 0.1) is 5.41 Å². The Labute approximate surface area is 83.1 Å². The largest absolute Gasteiger partial charge is 0.481 e. The summed E-state index contributed by atoms with van der Waals surface area (Å²) in [6, 6.07) is -0.0337. The van der Waals surface area contributed by atoms with Crippen molar-refractivity contribution in [1.29, 1.82) is 0 Å². The van der Waals surface area contributed by atoms with Gasteiger partial charge in [-0.1, -0.05) is 6.92 Å². The van der Waals surface area contributed by atoms with E-state index in [1.165, 1.54) is 0 Å². The second-order valence-corrected chi connectivity index (χ2v) is 5.30. The van der Waals surface area contributed by atoms with E-state index < -0.39 is 5.97 Å². The third-order valence-corrected chi connectivity index (χ3v) is 4.54. The molecule has 3 N–H and O–H groups in total. The second-order valence-electron chi connectivity index (χ2n) is 3.86. The summed E-state index contributed by atoms with van der Waals surface area (Å²) in [5.41, 5.74) is 5.71. The molecule has 1 rings (SSSR count). The topological polar surface area (TPSA) is 63.3 Å². The molecule has 0 aromatic carbocycles. The Bertz CT molecular complexity index is 208. The first-order chi connectivity index (χ1) is 5.99. The zero-order valence-electron chi connectivity index (χ0n) is 8.12. The van der Waals surface area contributed by atoms with Gasteiger partial charge >= 0.3 is 5.97 Å². The minimum Gasteiger partial charge on any atom is -0.481 e. The Morgan fingerprint density at radius 2 is 2.46 bits per heavy atom. The van der Waals surface area contributed by atoms with Crippen molar-refractivity contribution in [3.8, 4) is 0 Å². The molecule has 3 nitrogen and oxygen atoms in total. The van der Waals surface area contributed by atoms with Crippen LogP contribution in [0.4, 0.5) is 0 Å². The first-order valence-corrected chi connectivity index (χ1v) is 5.63. The van der Waals surface area contributed by atoms with Crippen LogP contribution in [-0.2, 0) is 4.79 Å². The Kier molecular flexibility index (Phi) is 3.24. The van der Waals surface area contributed by atoms with Gasteiger partial charge in [0.05, 0.1) is 6.42 Å². The first-order valence-electron chi connectivity index (χ1n) is 4.58. The number of thioether (sulfide) groups is 1. The number of carboxylic acid groups (broad SMARTS) is 1. The molecule has 4 heteroatoms. The lowest BCUT2D eigenvalue weighted by Crippen LogP contribution is -2.45. The molecule has 1 fully saturated rings. The molecule has 13 heavy (non-hydrogen) atoms. The number of aliphatic carboxylic acids is 1. The van der Waals surface area contributed by atoms with Crippen LogP contribution in [0.5, 0.6) is 0 Å². The van der Waals surface area contributed by atoms with E-state index >= 15 is 0 Å². The lowest BCUT2D eigenvalue weighted by molar-refractivity contribution is -0.140. The van der Waals surface area contributed by atoms with Crippen molar-refractivity contribution in [2.45, 2.75) is 38.0 Å². The average molecular weight is 203 g/mol. The highest BCUT2D eigenvalue weighted by atomic mass is 32.2. The van der Waals surface area contributed by atoms with E-state index in [4.69, 9.17) is 10.8 Å². The van der Waals surface area contributed by atoms with Crippen molar-refractivity contribution in [3.63, 3.8) is 0 Å². The van der Waals surface area contributed by atoms with Crippen molar-refractivity contribution < 1.29 is 9.90 Å². The zero-order valence-corrected chi connectivity index (χ0v) is 8.93. The van der Waals surface area contributed by atoms with E-state index in [-0.39, 0.29) is 17.9 Å². The van der Waals surface area contributed by atoms with Crippen molar-refractivity contribution in [3.05, 3.63) is 0 Å². The molecule has 0 bridgehead atoms. The number of carboxylic acids is 1. The van der Waals surface area contributed by atoms with Gasteiger partial charge in [-0.25, -0.2) is 0 Å². The minimum absolute atomic E-state index is 0.0337. The Morgan fingerprint density at radius 1 is 1.85 bits per heavy atom. The van der Waals surface area contributed by atoms with E-state index in [2.05, 4.69) is 6.92 Å². The fourth-order valence-electron chi connectivity index (χ4n) is 2.07. The predicted octanol–water partition coefficient (Wildman–Crippen LogP) is 1.32. The van der Waals surface area contributed by atoms with Crippen LogP contribution in [0.3, 0.4) is 0 Å². The molecule has 1 heterocycles. The summed E-state index contributed by atoms with van der Waals surface area (Å²) < 4.78 is 0. The Balaban J connectivity index is 2.80. The summed E-state index contributed by atoms with van der Waals surface area (Å²) in [7, 11) is 0. The molecule has 3 atom stereocenters. The van der Waals surface area contributed by atoms with Crippen LogP contribution in [0.25, 0.3) is 0 Å². The van der Waals surface area contributed by atoms with Gasteiger partial charge in [-0.15, -0.1) is 0 Å². The van der Waals surface area contributed by atoms with Gasteiger partial charge in [0.1, 0.15) is 0 Å². The monoisotopic (exact) mass is 203 g/mol. The highest BCUT2D eigenvalue weighted by Gasteiger charge is 2.45. The summed E-state index contributed by atoms with van der Waals surface area (Å²) >= 11 is 1.83. The molecule has 0 amide bonds. The smallest absolute Gasteiger partial charge is 0.304 e. The molecule has 76 valence electrons. The van der Waals surface area contributed by atoms with Crippen molar-refractivity contribution >= 4 is 17.7 Å². The fourth-order valence-corrected chi connectivity index (χ4v) is 3.67. The van der Waals surface area contributed by atoms with Crippen LogP contribution in [0.15, 0.2) is 0 Å². The lowest BCUT2D eigenvalue weighted by Gasteiger charge is -2.35. The maximum Gasteiger partial charge on any atom is 0.304 e. The van der Waals surface area contributed by atoms with Gasteiger partial charge in [0.15, 0.2) is 0 Å². The van der Waals surface area contributed by atoms with E-state index in [9.17, 15) is 4.79 Å². The average Bonchev–Trinajstić information content (AvgIpc) is 2.32. The Morgan fingerprint density at radius 3 is 2.77 bits per heavy atom. The SMILES string of the molecule is CC(N)C1(CC(=O)O)CCSC1C. The van der Waals surface area contributed by atoms with Crippen molar-refractivity contribution in [2.75, 3.05) is 5.75 Å². The van der Waals surface area contributed by atoms with Crippen LogP contribution in [0.1, 0.15) is 26.7 Å². The molecule has 0 spiro atoms. The molecule has 0 aromatic rings. The molecule has 0 radical (unpaired) electrons. The third-order valence-electron chi connectivity index (χ3n) is 3.13. The van der Waals surface area contributed by atoms with Gasteiger partial charge in [0.2, 0.25) is 0 Å². The molecule has 0 saturated carbocycles. The third kappa shape index (κ3) is 1.99. The second kappa shape index (κ2) is 3.88. The van der Waals surface area contributed by atoms with Gasteiger partial charge in [-0.3, -0.25) is 4.79 Å². The normalized spacial score (nSPS) is 36.1. The van der Waals surface area contributed by atoms with Gasteiger partial charge in [0, 0.05) is 16.7 Å². The van der Waals surface area contributed by atoms with Gasteiger partial charge < -0.3 is 10.8 Å². The highest BCUT2D eigenvalue weighted by molar-refractivity contribution is 8.00. The molecule has 1 aliphatic rings. The fraction of sp³-hybridized carbons (Fsp3) is 0.889. The van der Waals surface area contributed by atoms with E-state index in [1.807, 2.05) is 18.7 Å². The van der Waals surface area contributed by atoms with E-state index in [0.717, 1.165) is 12.2 Å². The molecular formula is C9H17NO2S. The number of rotatable bonds is 3. The molecule has 3 unspecified atom stereocenters. The molecule has 0 aliphatic carbocycles. The van der Waals surface area contributed by atoms with E-state index in [1.54, 1.807) is 0 Å². The Hall–Kier alpha value is -0.220. The predicted molar refractivity (Wildman–Crippen MR) is 54.9 cm³/mol. The quantitative estimate of drug-likeness (QED) is 0.726. The van der Waals surface area contributed by atoms with Gasteiger partial charge in [-0.05, 0) is 19.1 Å². The van der Waals surface area contributed by atoms with Crippen LogP contribution in [0.2, 0.25) is 0 Å². The zero-order chi connectivity index (χ0) is 10.1. The maximum atomic E-state index is 10.7. The summed E-state index contributed by atoms with van der Waals surface area (Å²) in [6.45, 7) is 4.01. The minimum atomic E-state index is -0.730. The first kappa shape index (κ1) is 10.9. The highest BCUT2D eigenvalue weighted by Crippen LogP contribution is 2.47. The molecular weight excluding hydrogens is 186 g/mol. The van der Waals surface area contributed by atoms with Crippen molar-refractivity contribution in [1.82, 2.24) is 0 Å². The maximum absolute atomic E-state index is 10.7. The van der Waals surface area contributed by atoms with Crippen LogP contribution < -0.4 is 5.73 Å². The van der Waals surface area contributed by atoms with Crippen molar-refractivity contribution in [2.24, 2.45) is 11.1 Å². The van der Waals surface area contributed by atoms with Crippen LogP contribution in [-0.4, -0.2) is 28.1 Å². The standard InChI is InChI=1S/C9H17NO2S/c1-6(10)9(5-8(11)12)3-4-13-7(9)2/h6-7H,3-5,10H2,1-2H3,(H,11,12). The number of hydrogen-bond donors (Lipinski definition) is 2. The van der Waals surface area contributed by atoms with Gasteiger partial charge in [0.25, 0.3) is 0 Å². The number of carbonyl (C=O) groups is 1. The molecule has 0 aromatic heterocycles. The molecule has 1 aliphatic heterocycles. The summed E-state index contributed by atoms with van der Waals surface area (Å²) in [6.07, 6.45) is 1.14. The number of hydrogen-bond acceptors (Lipinski definition) is 3. The molecule has 1 saturated heterocycles. The van der Waals surface area contributed by atoms with E-state index in [0.29, 0.717) is 5.25 Å². The summed E-state index contributed by atoms with van der Waals surface area (Å²) in [5.74, 6) is 0.308. The van der Waals surface area contributed by atoms with Gasteiger partial charge in [-0.2, -0.15) is 11.8 Å². The summed E-state index contributed by atoms with van der Waals surface area (Å²) in [5, 5.41) is 9.21. The summed E-state index contributed by atoms with van der Waals surface area (Å²) in [4.78, 5) is 10.7. The lowest BCUT2D eigenvalue weighted by atomic mass is 9.74. The number of nitrogens with two attached hydrogens (primary N) is 1. The van der Waals surface area contributed by atoms with Crippen LogP contribution >= 0.6 is 11.8 Å².